The number of aryl methyl sites for hydroxylation is 1. The van der Waals surface area contributed by atoms with Gasteiger partial charge in [-0.05, 0) is 35.7 Å². The van der Waals surface area contributed by atoms with Crippen LogP contribution in [0.15, 0.2) is 10.7 Å². The highest BCUT2D eigenvalue weighted by Crippen LogP contribution is 2.22. The lowest BCUT2D eigenvalue weighted by atomic mass is 10.1. The molecule has 0 N–H and O–H groups in total. The Labute approximate surface area is 103 Å². The first-order valence-electron chi connectivity index (χ1n) is 5.58. The highest BCUT2D eigenvalue weighted by molar-refractivity contribution is 9.10. The number of hydrogen-bond donors (Lipinski definition) is 0. The van der Waals surface area contributed by atoms with Crippen molar-refractivity contribution in [1.29, 1.82) is 0 Å². The molecule has 0 bridgehead atoms. The van der Waals surface area contributed by atoms with E-state index in [0.717, 1.165) is 23.9 Å². The molecular formula is C11H15BrN2O2. The second-order valence-electron chi connectivity index (χ2n) is 3.92. The van der Waals surface area contributed by atoms with Crippen LogP contribution in [0.4, 0.5) is 0 Å². The zero-order chi connectivity index (χ0) is 11.5. The third kappa shape index (κ3) is 2.35. The molecule has 0 radical (unpaired) electrons. The van der Waals surface area contributed by atoms with E-state index < -0.39 is 0 Å². The van der Waals surface area contributed by atoms with E-state index in [2.05, 4.69) is 21.0 Å². The minimum atomic E-state index is 0.0969. The molecule has 1 aromatic rings. The Bertz CT molecular complexity index is 383. The maximum absolute atomic E-state index is 12.1. The maximum atomic E-state index is 12.1. The summed E-state index contributed by atoms with van der Waals surface area (Å²) in [5.74, 6) is 0.109. The topological polar surface area (TPSA) is 44.1 Å². The van der Waals surface area contributed by atoms with E-state index in [-0.39, 0.29) is 11.9 Å². The van der Waals surface area contributed by atoms with Gasteiger partial charge < -0.3 is 4.74 Å². The van der Waals surface area contributed by atoms with E-state index in [1.54, 1.807) is 10.9 Å². The molecule has 1 atom stereocenters. The van der Waals surface area contributed by atoms with Crippen molar-refractivity contribution in [2.75, 3.05) is 6.61 Å². The molecule has 0 amide bonds. The first-order valence-corrected chi connectivity index (χ1v) is 6.37. The van der Waals surface area contributed by atoms with Crippen LogP contribution < -0.4 is 0 Å². The molecule has 1 aliphatic rings. The number of carbonyl (C=O) groups excluding carboxylic acids is 1. The molecule has 16 heavy (non-hydrogen) atoms. The van der Waals surface area contributed by atoms with Crippen LogP contribution in [0.2, 0.25) is 0 Å². The van der Waals surface area contributed by atoms with E-state index in [1.165, 1.54) is 0 Å². The Hall–Kier alpha value is -0.680. The molecule has 4 nitrogen and oxygen atoms in total. The van der Waals surface area contributed by atoms with Gasteiger partial charge in [-0.15, -0.1) is 0 Å². The van der Waals surface area contributed by atoms with Crippen molar-refractivity contribution in [2.45, 2.75) is 38.8 Å². The lowest BCUT2D eigenvalue weighted by molar-refractivity contribution is 0.0766. The Morgan fingerprint density at radius 1 is 1.75 bits per heavy atom. The normalized spacial score (nSPS) is 20.2. The molecule has 0 aliphatic carbocycles. The molecular weight excluding hydrogens is 272 g/mol. The van der Waals surface area contributed by atoms with Crippen molar-refractivity contribution in [3.05, 3.63) is 16.4 Å². The summed E-state index contributed by atoms with van der Waals surface area (Å²) in [4.78, 5) is 12.1. The van der Waals surface area contributed by atoms with Gasteiger partial charge in [0.2, 0.25) is 0 Å². The molecule has 5 heteroatoms. The molecule has 2 rings (SSSR count). The summed E-state index contributed by atoms with van der Waals surface area (Å²) >= 11 is 3.36. The van der Waals surface area contributed by atoms with E-state index in [1.807, 2.05) is 6.92 Å². The highest BCUT2D eigenvalue weighted by atomic mass is 79.9. The van der Waals surface area contributed by atoms with Crippen molar-refractivity contribution < 1.29 is 9.53 Å². The quantitative estimate of drug-likeness (QED) is 0.799. The predicted octanol–water partition coefficient (Wildman–Crippen LogP) is 2.42. The van der Waals surface area contributed by atoms with Crippen LogP contribution >= 0.6 is 15.9 Å². The second-order valence-corrected chi connectivity index (χ2v) is 4.77. The summed E-state index contributed by atoms with van der Waals surface area (Å²) in [6.45, 7) is 3.46. The number of ketones is 1. The van der Waals surface area contributed by atoms with Gasteiger partial charge in [-0.1, -0.05) is 0 Å². The van der Waals surface area contributed by atoms with Gasteiger partial charge >= 0.3 is 0 Å². The van der Waals surface area contributed by atoms with Gasteiger partial charge in [0.15, 0.2) is 5.78 Å². The van der Waals surface area contributed by atoms with Gasteiger partial charge in [0.25, 0.3) is 0 Å². The number of Topliss-reactive ketones (excluding diaryl/α,β-unsaturated/α-hetero) is 1. The highest BCUT2D eigenvalue weighted by Gasteiger charge is 2.23. The summed E-state index contributed by atoms with van der Waals surface area (Å²) in [6.07, 6.45) is 4.28. The van der Waals surface area contributed by atoms with Crippen molar-refractivity contribution in [3.63, 3.8) is 0 Å². The van der Waals surface area contributed by atoms with Crippen LogP contribution in [-0.4, -0.2) is 28.3 Å². The van der Waals surface area contributed by atoms with Gasteiger partial charge in [0.1, 0.15) is 5.69 Å². The van der Waals surface area contributed by atoms with Gasteiger partial charge in [0.05, 0.1) is 16.8 Å². The van der Waals surface area contributed by atoms with Crippen molar-refractivity contribution in [3.8, 4) is 0 Å². The first-order chi connectivity index (χ1) is 7.72. The van der Waals surface area contributed by atoms with E-state index in [9.17, 15) is 4.79 Å². The minimum Gasteiger partial charge on any atom is -0.378 e. The van der Waals surface area contributed by atoms with Gasteiger partial charge in [0, 0.05) is 19.6 Å². The summed E-state index contributed by atoms with van der Waals surface area (Å²) in [6, 6.07) is 0. The largest absolute Gasteiger partial charge is 0.378 e. The zero-order valence-electron chi connectivity index (χ0n) is 9.28. The fraction of sp³-hybridized carbons (Fsp3) is 0.636. The third-order valence-corrected chi connectivity index (χ3v) is 3.38. The monoisotopic (exact) mass is 286 g/mol. The molecule has 0 aromatic carbocycles. The Morgan fingerprint density at radius 2 is 2.56 bits per heavy atom. The molecule has 1 aromatic heterocycles. The van der Waals surface area contributed by atoms with Crippen LogP contribution in [0.5, 0.6) is 0 Å². The van der Waals surface area contributed by atoms with E-state index >= 15 is 0 Å². The smallest absolute Gasteiger partial charge is 0.184 e. The average molecular weight is 287 g/mol. The van der Waals surface area contributed by atoms with Crippen LogP contribution in [0.3, 0.4) is 0 Å². The number of aromatic nitrogens is 2. The van der Waals surface area contributed by atoms with Crippen LogP contribution in [-0.2, 0) is 11.3 Å². The molecule has 1 saturated heterocycles. The summed E-state index contributed by atoms with van der Waals surface area (Å²) in [7, 11) is 0. The lowest BCUT2D eigenvalue weighted by Gasteiger charge is -2.09. The Balaban J connectivity index is 2.10. The lowest BCUT2D eigenvalue weighted by Crippen LogP contribution is -2.16. The summed E-state index contributed by atoms with van der Waals surface area (Å²) in [5, 5.41) is 4.14. The SMILES string of the molecule is CCn1ncc(Br)c1C(=O)CC1CCCO1. The summed E-state index contributed by atoms with van der Waals surface area (Å²) in [5.41, 5.74) is 0.665. The van der Waals surface area contributed by atoms with Crippen LogP contribution in [0, 0.1) is 0 Å². The second kappa shape index (κ2) is 5.10. The fourth-order valence-corrected chi connectivity index (χ4v) is 2.51. The average Bonchev–Trinajstić information content (AvgIpc) is 2.87. The minimum absolute atomic E-state index is 0.0969. The number of nitrogens with zero attached hydrogens (tertiary/aromatic N) is 2. The summed E-state index contributed by atoms with van der Waals surface area (Å²) < 4.78 is 7.97. The predicted molar refractivity (Wildman–Crippen MR) is 63.5 cm³/mol. The van der Waals surface area contributed by atoms with Gasteiger partial charge in [-0.2, -0.15) is 5.10 Å². The Morgan fingerprint density at radius 3 is 3.19 bits per heavy atom. The first kappa shape index (κ1) is 11.8. The van der Waals surface area contributed by atoms with Crippen molar-refractivity contribution in [2.24, 2.45) is 0 Å². The molecule has 1 unspecified atom stereocenters. The molecule has 88 valence electrons. The van der Waals surface area contributed by atoms with Gasteiger partial charge in [-0.25, -0.2) is 0 Å². The molecule has 0 saturated carbocycles. The molecule has 1 fully saturated rings. The van der Waals surface area contributed by atoms with E-state index in [0.29, 0.717) is 18.7 Å². The third-order valence-electron chi connectivity index (χ3n) is 2.80. The zero-order valence-corrected chi connectivity index (χ0v) is 10.9. The number of ether oxygens (including phenoxy) is 1. The van der Waals surface area contributed by atoms with E-state index in [4.69, 9.17) is 4.74 Å². The van der Waals surface area contributed by atoms with Gasteiger partial charge in [-0.3, -0.25) is 9.48 Å². The van der Waals surface area contributed by atoms with Crippen molar-refractivity contribution in [1.82, 2.24) is 9.78 Å². The number of carbonyl (C=O) groups is 1. The Kier molecular flexibility index (Phi) is 3.76. The molecule has 1 aliphatic heterocycles. The maximum Gasteiger partial charge on any atom is 0.184 e. The number of hydrogen-bond acceptors (Lipinski definition) is 3. The number of rotatable bonds is 4. The number of halogens is 1. The van der Waals surface area contributed by atoms with Crippen LogP contribution in [0.1, 0.15) is 36.7 Å². The molecule has 0 spiro atoms. The standard InChI is InChI=1S/C11H15BrN2O2/c1-2-14-11(9(12)7-13-14)10(15)6-8-4-3-5-16-8/h7-8H,2-6H2,1H3. The van der Waals surface area contributed by atoms with Crippen LogP contribution in [0.25, 0.3) is 0 Å². The van der Waals surface area contributed by atoms with Crippen molar-refractivity contribution >= 4 is 21.7 Å². The fourth-order valence-electron chi connectivity index (χ4n) is 1.99. The molecule has 2 heterocycles.